The monoisotopic (exact) mass is 244 g/mol. The lowest BCUT2D eigenvalue weighted by Gasteiger charge is -2.37. The summed E-state index contributed by atoms with van der Waals surface area (Å²) in [7, 11) is 0. The summed E-state index contributed by atoms with van der Waals surface area (Å²) in [5.41, 5.74) is 0. The highest BCUT2D eigenvalue weighted by molar-refractivity contribution is 5.67. The highest BCUT2D eigenvalue weighted by Crippen LogP contribution is 2.20. The molecule has 100 valence electrons. The third kappa shape index (κ3) is 4.52. The van der Waals surface area contributed by atoms with Crippen LogP contribution in [0.1, 0.15) is 26.7 Å². The molecule has 1 rings (SSSR count). The van der Waals surface area contributed by atoms with Crippen molar-refractivity contribution in [3.63, 3.8) is 0 Å². The standard InChI is InChI=1S/C12H24N2O3/c1-3-13-11-7-10(5-6-15)8-14(9-11)12(16)17-4-2/h10-11,13,15H,3-9H2,1-2H3. The van der Waals surface area contributed by atoms with E-state index < -0.39 is 0 Å². The number of ether oxygens (including phenoxy) is 1. The molecule has 1 fully saturated rings. The van der Waals surface area contributed by atoms with Crippen LogP contribution in [0.5, 0.6) is 0 Å². The van der Waals surface area contributed by atoms with Gasteiger partial charge in [-0.3, -0.25) is 0 Å². The second-order valence-electron chi connectivity index (χ2n) is 4.47. The maximum atomic E-state index is 11.7. The SMILES string of the molecule is CCNC1CC(CCO)CN(C(=O)OCC)C1. The lowest BCUT2D eigenvalue weighted by molar-refractivity contribution is 0.0737. The zero-order valence-electron chi connectivity index (χ0n) is 10.8. The zero-order valence-corrected chi connectivity index (χ0v) is 10.8. The van der Waals surface area contributed by atoms with E-state index in [9.17, 15) is 4.79 Å². The number of aliphatic hydroxyl groups is 1. The van der Waals surface area contributed by atoms with Crippen LogP contribution in [0.25, 0.3) is 0 Å². The average molecular weight is 244 g/mol. The first-order valence-electron chi connectivity index (χ1n) is 6.47. The predicted molar refractivity (Wildman–Crippen MR) is 65.9 cm³/mol. The molecule has 0 aliphatic carbocycles. The minimum Gasteiger partial charge on any atom is -0.450 e. The minimum absolute atomic E-state index is 0.181. The van der Waals surface area contributed by atoms with Crippen LogP contribution in [0.15, 0.2) is 0 Å². The smallest absolute Gasteiger partial charge is 0.409 e. The van der Waals surface area contributed by atoms with Crippen LogP contribution in [0.2, 0.25) is 0 Å². The Bertz CT molecular complexity index is 222. The van der Waals surface area contributed by atoms with Gasteiger partial charge in [0.1, 0.15) is 0 Å². The maximum Gasteiger partial charge on any atom is 0.409 e. The molecule has 1 heterocycles. The van der Waals surface area contributed by atoms with E-state index in [0.717, 1.165) is 19.4 Å². The summed E-state index contributed by atoms with van der Waals surface area (Å²) in [4.78, 5) is 13.5. The van der Waals surface area contributed by atoms with Gasteiger partial charge < -0.3 is 20.1 Å². The number of rotatable bonds is 5. The van der Waals surface area contributed by atoms with Gasteiger partial charge in [0.05, 0.1) is 6.61 Å². The van der Waals surface area contributed by atoms with Crippen molar-refractivity contribution in [3.8, 4) is 0 Å². The Hall–Kier alpha value is -0.810. The quantitative estimate of drug-likeness (QED) is 0.752. The van der Waals surface area contributed by atoms with Crippen LogP contribution >= 0.6 is 0 Å². The van der Waals surface area contributed by atoms with Crippen LogP contribution in [-0.2, 0) is 4.74 Å². The highest BCUT2D eigenvalue weighted by atomic mass is 16.6. The molecule has 0 spiro atoms. The Morgan fingerprint density at radius 1 is 1.47 bits per heavy atom. The molecule has 1 aliphatic rings. The summed E-state index contributed by atoms with van der Waals surface area (Å²) in [5, 5.41) is 12.4. The molecular formula is C12H24N2O3. The molecule has 1 saturated heterocycles. The van der Waals surface area contributed by atoms with Gasteiger partial charge in [0, 0.05) is 25.7 Å². The number of hydrogen-bond donors (Lipinski definition) is 2. The Labute approximate surface area is 103 Å². The topological polar surface area (TPSA) is 61.8 Å². The molecule has 0 saturated carbocycles. The van der Waals surface area contributed by atoms with E-state index in [1.165, 1.54) is 0 Å². The lowest BCUT2D eigenvalue weighted by Crippen LogP contribution is -2.51. The summed E-state index contributed by atoms with van der Waals surface area (Å²) < 4.78 is 5.03. The number of hydrogen-bond acceptors (Lipinski definition) is 4. The molecular weight excluding hydrogens is 220 g/mol. The lowest BCUT2D eigenvalue weighted by atomic mass is 9.92. The average Bonchev–Trinajstić information content (AvgIpc) is 2.30. The first-order chi connectivity index (χ1) is 8.21. The van der Waals surface area contributed by atoms with Crippen molar-refractivity contribution in [3.05, 3.63) is 0 Å². The minimum atomic E-state index is -0.238. The fraction of sp³-hybridized carbons (Fsp3) is 0.917. The van der Waals surface area contributed by atoms with Gasteiger partial charge in [0.15, 0.2) is 0 Å². The first-order valence-corrected chi connectivity index (χ1v) is 6.47. The van der Waals surface area contributed by atoms with E-state index in [1.807, 2.05) is 6.92 Å². The van der Waals surface area contributed by atoms with Gasteiger partial charge >= 0.3 is 6.09 Å². The Morgan fingerprint density at radius 3 is 2.82 bits per heavy atom. The summed E-state index contributed by atoms with van der Waals surface area (Å²) in [6, 6.07) is 0.315. The van der Waals surface area contributed by atoms with Gasteiger partial charge in [-0.1, -0.05) is 6.92 Å². The number of nitrogens with one attached hydrogen (secondary N) is 1. The molecule has 0 radical (unpaired) electrons. The van der Waals surface area contributed by atoms with Gasteiger partial charge in [-0.2, -0.15) is 0 Å². The molecule has 1 amide bonds. The molecule has 5 heteroatoms. The molecule has 2 N–H and O–H groups in total. The maximum absolute atomic E-state index is 11.7. The third-order valence-electron chi connectivity index (χ3n) is 3.09. The largest absolute Gasteiger partial charge is 0.450 e. The number of nitrogens with zero attached hydrogens (tertiary/aromatic N) is 1. The second-order valence-corrected chi connectivity index (χ2v) is 4.47. The van der Waals surface area contributed by atoms with Gasteiger partial charge in [-0.15, -0.1) is 0 Å². The van der Waals surface area contributed by atoms with Crippen molar-refractivity contribution < 1.29 is 14.6 Å². The van der Waals surface area contributed by atoms with E-state index in [-0.39, 0.29) is 12.7 Å². The zero-order chi connectivity index (χ0) is 12.7. The van der Waals surface area contributed by atoms with Gasteiger partial charge in [-0.25, -0.2) is 4.79 Å². The Morgan fingerprint density at radius 2 is 2.24 bits per heavy atom. The van der Waals surface area contributed by atoms with Crippen molar-refractivity contribution in [2.45, 2.75) is 32.7 Å². The molecule has 17 heavy (non-hydrogen) atoms. The molecule has 5 nitrogen and oxygen atoms in total. The van der Waals surface area contributed by atoms with E-state index >= 15 is 0 Å². The molecule has 0 aromatic heterocycles. The number of aliphatic hydroxyl groups excluding tert-OH is 1. The van der Waals surface area contributed by atoms with Crippen molar-refractivity contribution in [2.24, 2.45) is 5.92 Å². The number of likely N-dealkylation sites (N-methyl/N-ethyl adjacent to an activating group) is 1. The van der Waals surface area contributed by atoms with Crippen LogP contribution < -0.4 is 5.32 Å². The summed E-state index contributed by atoms with van der Waals surface area (Å²) >= 11 is 0. The molecule has 0 bridgehead atoms. The molecule has 0 aromatic carbocycles. The van der Waals surface area contributed by atoms with Crippen molar-refractivity contribution in [1.29, 1.82) is 0 Å². The predicted octanol–water partition coefficient (Wildman–Crippen LogP) is 0.825. The first kappa shape index (κ1) is 14.3. The highest BCUT2D eigenvalue weighted by Gasteiger charge is 2.29. The number of piperidine rings is 1. The summed E-state index contributed by atoms with van der Waals surface area (Å²) in [6.07, 6.45) is 1.53. The van der Waals surface area contributed by atoms with E-state index in [1.54, 1.807) is 4.90 Å². The van der Waals surface area contributed by atoms with Crippen LogP contribution in [0.3, 0.4) is 0 Å². The van der Waals surface area contributed by atoms with Crippen molar-refractivity contribution >= 4 is 6.09 Å². The number of amides is 1. The summed E-state index contributed by atoms with van der Waals surface area (Å²) in [5.74, 6) is 0.363. The van der Waals surface area contributed by atoms with Crippen LogP contribution in [-0.4, -0.2) is 55.0 Å². The van der Waals surface area contributed by atoms with Gasteiger partial charge in [0.25, 0.3) is 0 Å². The second kappa shape index (κ2) is 7.50. The Balaban J connectivity index is 2.54. The third-order valence-corrected chi connectivity index (χ3v) is 3.09. The van der Waals surface area contributed by atoms with Gasteiger partial charge in [0.2, 0.25) is 0 Å². The van der Waals surface area contributed by atoms with E-state index in [4.69, 9.17) is 9.84 Å². The van der Waals surface area contributed by atoms with Crippen molar-refractivity contribution in [2.75, 3.05) is 32.8 Å². The molecule has 1 aliphatic heterocycles. The Kier molecular flexibility index (Phi) is 6.29. The fourth-order valence-corrected chi connectivity index (χ4v) is 2.40. The number of likely N-dealkylation sites (tertiary alicyclic amines) is 1. The number of carbonyl (C=O) groups excluding carboxylic acids is 1. The van der Waals surface area contributed by atoms with E-state index in [2.05, 4.69) is 12.2 Å². The fourth-order valence-electron chi connectivity index (χ4n) is 2.40. The number of carbonyl (C=O) groups is 1. The van der Waals surface area contributed by atoms with E-state index in [0.29, 0.717) is 31.7 Å². The van der Waals surface area contributed by atoms with Crippen molar-refractivity contribution in [1.82, 2.24) is 10.2 Å². The van der Waals surface area contributed by atoms with Gasteiger partial charge in [-0.05, 0) is 32.2 Å². The van der Waals surface area contributed by atoms with Crippen LogP contribution in [0, 0.1) is 5.92 Å². The van der Waals surface area contributed by atoms with Crippen LogP contribution in [0.4, 0.5) is 4.79 Å². The molecule has 2 atom stereocenters. The normalized spacial score (nSPS) is 24.8. The summed E-state index contributed by atoms with van der Waals surface area (Å²) in [6.45, 7) is 6.76. The molecule has 0 aromatic rings. The molecule has 2 unspecified atom stereocenters.